The number of hydrogen-bond acceptors (Lipinski definition) is 8. The number of rotatable bonds is 26. The van der Waals surface area contributed by atoms with Gasteiger partial charge in [0.2, 0.25) is 0 Å². The molecular formula is C126H142N2O8Si4. The van der Waals surface area contributed by atoms with Crippen LogP contribution in [-0.4, -0.2) is 55.9 Å². The molecule has 0 unspecified atom stereocenters. The maximum atomic E-state index is 17.1. The van der Waals surface area contributed by atoms with Gasteiger partial charge >= 0.3 is 0 Å². The van der Waals surface area contributed by atoms with Crippen molar-refractivity contribution < 1.29 is 38.1 Å². The number of ether oxygens (including phenoxy) is 4. The van der Waals surface area contributed by atoms with Crippen LogP contribution in [0.25, 0.3) is 75.4 Å². The standard InChI is InChI=1S/C126H142N2O8Si4/c1-71(2)95-35-33-36-96(72(3)4)121(95)127-123(129)104-68-108(134-92-49-41-88(42-50-92)60-64-138(78(15)16,79(17)18)80(19)20)115-101-56-55-99-103-67-110(136-94-53-45-90(46-54-94)62-66-140(84(27)28,85(29)30)86(31)32)119-118-106(125(131)128(126(119)132)122-97(73(5)6)37-34-38-98(122)74(7)8)70-107(133-91-47-39-87(40-48-91)59-63-137(75(9)10,76(11)12)77(13)14)114(117(103)118)100-57-58-102(112(101)111(99)100)116-109(69-105(124(127)130)113(104)120(115)116)135-93-51-43-89(44-52-93)61-65-139(81(21)22,82(23)24)83(25)26/h33-58,67-86H,1-32H3. The SMILES string of the molecule is CC(C)c1cccc(C(C)C)c1N1C(=O)c2cc(Oc3ccc(C#C[Si](C(C)C)(C(C)C)C(C)C)cc3)c3c4ccc5c6c(Oc7ccc(C#C[Si](C(C)C)(C(C)C)C(C)C)cc7)cc7c8c(cc(Oc9ccc(C#C[Si](C(C)C)(C(C)C)C(C)C)cc9)c(c9ccc(c%10cc(Oc%11ccc(C#C[Si](C(C)C)(C(C)C)C(C)C)cc%11)c(c2c%103)C1=O)c4c95)c86)C(=O)N(c1c(C(C)C)cccc1C(C)C)C7=O. The molecule has 14 heteroatoms. The summed E-state index contributed by atoms with van der Waals surface area (Å²) in [5.41, 5.74) is 30.0. The van der Waals surface area contributed by atoms with Gasteiger partial charge in [0.25, 0.3) is 23.6 Å². The summed E-state index contributed by atoms with van der Waals surface area (Å²) in [6.07, 6.45) is 0. The predicted octanol–water partition coefficient (Wildman–Crippen LogP) is 36.2. The first-order valence-electron chi connectivity index (χ1n) is 51.5. The molecule has 0 saturated carbocycles. The van der Waals surface area contributed by atoms with Gasteiger partial charge in [0.15, 0.2) is 0 Å². The summed E-state index contributed by atoms with van der Waals surface area (Å²) >= 11 is 0. The molecule has 0 saturated heterocycles. The highest BCUT2D eigenvalue weighted by Crippen LogP contribution is 2.60. The maximum Gasteiger partial charge on any atom is 0.269 e. The van der Waals surface area contributed by atoms with E-state index in [1.807, 2.05) is 158 Å². The van der Waals surface area contributed by atoms with Crippen LogP contribution in [0.1, 0.15) is 331 Å². The van der Waals surface area contributed by atoms with E-state index in [9.17, 15) is 0 Å². The Morgan fingerprint density at radius 1 is 0.221 bits per heavy atom. The topological polar surface area (TPSA) is 112 Å². The number of hydrogen-bond donors (Lipinski definition) is 0. The van der Waals surface area contributed by atoms with Crippen molar-refractivity contribution in [3.63, 3.8) is 0 Å². The summed E-state index contributed by atoms with van der Waals surface area (Å²) in [4.78, 5) is 70.7. The molecule has 0 bridgehead atoms. The van der Waals surface area contributed by atoms with E-state index in [0.29, 0.717) is 172 Å². The zero-order valence-electron chi connectivity index (χ0n) is 88.7. The number of fused-ring (bicyclic) bond motifs is 4. The molecule has 14 aromatic carbocycles. The zero-order valence-corrected chi connectivity index (χ0v) is 92.7. The highest BCUT2D eigenvalue weighted by molar-refractivity contribution is 6.92. The van der Waals surface area contributed by atoms with Gasteiger partial charge in [0, 0.05) is 60.0 Å². The molecule has 14 aromatic rings. The Labute approximate surface area is 837 Å². The number of para-hydroxylation sites is 2. The Kier molecular flexibility index (Phi) is 28.0. The molecule has 0 fully saturated rings. The quantitative estimate of drug-likeness (QED) is 0.0173. The number of carbonyl (C=O) groups excluding carboxylic acids is 4. The summed E-state index contributed by atoms with van der Waals surface area (Å²) < 4.78 is 30.4. The smallest absolute Gasteiger partial charge is 0.269 e. The molecule has 4 amide bonds. The van der Waals surface area contributed by atoms with E-state index >= 15 is 19.2 Å². The fraction of sp³-hybridized carbons (Fsp3) is 0.381. The number of nitrogens with zero attached hydrogens (tertiary/aromatic N) is 2. The van der Waals surface area contributed by atoms with Crippen molar-refractivity contribution in [1.82, 2.24) is 0 Å². The molecule has 0 radical (unpaired) electrons. The molecule has 0 spiro atoms. The zero-order chi connectivity index (χ0) is 101. The minimum Gasteiger partial charge on any atom is -0.457 e. The van der Waals surface area contributed by atoms with Gasteiger partial charge in [-0.25, -0.2) is 9.80 Å². The molecule has 720 valence electrons. The number of amides is 4. The summed E-state index contributed by atoms with van der Waals surface area (Å²) in [5, 5.41) is 9.45. The lowest BCUT2D eigenvalue weighted by Gasteiger charge is -2.38. The van der Waals surface area contributed by atoms with Crippen molar-refractivity contribution in [3.05, 3.63) is 249 Å². The van der Waals surface area contributed by atoms with Gasteiger partial charge in [-0.15, -0.1) is 22.2 Å². The van der Waals surface area contributed by atoms with E-state index in [-0.39, 0.29) is 40.5 Å². The number of benzene rings is 14. The Bertz CT molecular complexity index is 7210. The maximum absolute atomic E-state index is 17.1. The largest absolute Gasteiger partial charge is 0.457 e. The number of carbonyl (C=O) groups is 4. The van der Waals surface area contributed by atoms with Gasteiger partial charge in [0.1, 0.15) is 78.3 Å². The predicted molar refractivity (Wildman–Crippen MR) is 601 cm³/mol. The average molecular weight is 1920 g/mol. The van der Waals surface area contributed by atoms with Crippen LogP contribution in [0, 0.1) is 45.9 Å². The van der Waals surface area contributed by atoms with Gasteiger partial charge < -0.3 is 18.9 Å². The first-order valence-corrected chi connectivity index (χ1v) is 60.5. The van der Waals surface area contributed by atoms with Gasteiger partial charge in [-0.2, -0.15) is 0 Å². The summed E-state index contributed by atoms with van der Waals surface area (Å²) in [5.74, 6) is 15.8. The van der Waals surface area contributed by atoms with Crippen molar-refractivity contribution in [2.24, 2.45) is 0 Å². The Morgan fingerprint density at radius 2 is 0.457 bits per heavy atom. The molecule has 2 heterocycles. The van der Waals surface area contributed by atoms with Crippen LogP contribution in [0.15, 0.2) is 182 Å². The molecule has 2 aliphatic heterocycles. The van der Waals surface area contributed by atoms with Crippen LogP contribution in [-0.2, 0) is 0 Å². The van der Waals surface area contributed by atoms with Crippen LogP contribution in [0.4, 0.5) is 11.4 Å². The van der Waals surface area contributed by atoms with Gasteiger partial charge in [-0.05, 0) is 271 Å². The van der Waals surface area contributed by atoms with E-state index in [1.165, 1.54) is 9.80 Å². The fourth-order valence-corrected chi connectivity index (χ4v) is 46.5. The highest BCUT2D eigenvalue weighted by Gasteiger charge is 2.49. The Morgan fingerprint density at radius 3 is 0.721 bits per heavy atom. The third-order valence-electron chi connectivity index (χ3n) is 32.3. The van der Waals surface area contributed by atoms with Crippen LogP contribution in [0.3, 0.4) is 0 Å². The van der Waals surface area contributed by atoms with E-state index in [0.717, 1.165) is 76.8 Å². The molecule has 2 aliphatic rings. The Balaban J connectivity index is 1.05. The van der Waals surface area contributed by atoms with Crippen LogP contribution >= 0.6 is 0 Å². The molecule has 0 N–H and O–H groups in total. The van der Waals surface area contributed by atoms with E-state index in [1.54, 1.807) is 0 Å². The first kappa shape index (κ1) is 101. The molecule has 0 atom stereocenters. The molecule has 10 nitrogen and oxygen atoms in total. The van der Waals surface area contributed by atoms with E-state index < -0.39 is 55.9 Å². The lowest BCUT2D eigenvalue weighted by atomic mass is 9.79. The third-order valence-corrected chi connectivity index (χ3v) is 57.4. The minimum atomic E-state index is -2.16. The normalized spacial score (nSPS) is 13.5. The van der Waals surface area contributed by atoms with Crippen molar-refractivity contribution in [2.75, 3.05) is 9.80 Å². The molecular weight excluding hydrogens is 1780 g/mol. The van der Waals surface area contributed by atoms with Crippen molar-refractivity contribution in [3.8, 4) is 91.9 Å². The highest BCUT2D eigenvalue weighted by atomic mass is 28.3. The van der Waals surface area contributed by atoms with Gasteiger partial charge in [-0.3, -0.25) is 19.2 Å². The fourth-order valence-electron chi connectivity index (χ4n) is 25.6. The molecule has 0 aliphatic carbocycles. The molecule has 0 aromatic heterocycles. The second-order valence-corrected chi connectivity index (χ2v) is 67.3. The van der Waals surface area contributed by atoms with Crippen LogP contribution in [0.2, 0.25) is 66.5 Å². The van der Waals surface area contributed by atoms with Crippen molar-refractivity contribution in [2.45, 2.75) is 312 Å². The Hall–Kier alpha value is -12.0. The monoisotopic (exact) mass is 1920 g/mol. The second kappa shape index (κ2) is 38.8. The van der Waals surface area contributed by atoms with Crippen LogP contribution < -0.4 is 28.7 Å². The average Bonchev–Trinajstić information content (AvgIpc) is 0.667. The lowest BCUT2D eigenvalue weighted by Crippen LogP contribution is -2.43. The lowest BCUT2D eigenvalue weighted by molar-refractivity contribution is 0.0876. The van der Waals surface area contributed by atoms with Crippen molar-refractivity contribution >= 4 is 143 Å². The van der Waals surface area contributed by atoms with E-state index in [2.05, 4.69) is 292 Å². The van der Waals surface area contributed by atoms with E-state index in [4.69, 9.17) is 18.9 Å². The molecule has 140 heavy (non-hydrogen) atoms. The second-order valence-electron chi connectivity index (χ2n) is 44.9. The number of imide groups is 2. The van der Waals surface area contributed by atoms with Crippen LogP contribution in [0.5, 0.6) is 46.0 Å². The van der Waals surface area contributed by atoms with Gasteiger partial charge in [0.05, 0.1) is 33.6 Å². The minimum absolute atomic E-state index is 0.0806. The first-order chi connectivity index (χ1) is 66.3. The summed E-state index contributed by atoms with van der Waals surface area (Å²) in [6, 6.07) is 60.3. The third kappa shape index (κ3) is 16.8. The summed E-state index contributed by atoms with van der Waals surface area (Å²) in [6.45, 7) is 72.8. The summed E-state index contributed by atoms with van der Waals surface area (Å²) in [7, 11) is -8.64. The number of anilines is 2. The van der Waals surface area contributed by atoms with Gasteiger partial charge in [-0.1, -0.05) is 306 Å². The molecule has 16 rings (SSSR count). The van der Waals surface area contributed by atoms with Crippen molar-refractivity contribution in [1.29, 1.82) is 0 Å².